The predicted molar refractivity (Wildman–Crippen MR) is 89.0 cm³/mol. The highest BCUT2D eigenvalue weighted by molar-refractivity contribution is 5.92. The number of nitrogens with zero attached hydrogens (tertiary/aromatic N) is 2. The zero-order valence-corrected chi connectivity index (χ0v) is 12.9. The van der Waals surface area contributed by atoms with Gasteiger partial charge in [0.25, 0.3) is 0 Å². The minimum atomic E-state index is -1.10. The lowest BCUT2D eigenvalue weighted by molar-refractivity contribution is 0.0693. The van der Waals surface area contributed by atoms with Crippen molar-refractivity contribution < 1.29 is 15.0 Å². The maximum absolute atomic E-state index is 11.1. The molecule has 2 aromatic carbocycles. The molecule has 2 N–H and O–H groups in total. The van der Waals surface area contributed by atoms with Gasteiger partial charge in [-0.25, -0.2) is 4.79 Å². The molecule has 2 aromatic rings. The second kappa shape index (κ2) is 6.71. The number of aromatic hydroxyl groups is 1. The Morgan fingerprint density at radius 1 is 1.00 bits per heavy atom. The maximum atomic E-state index is 11.1. The van der Waals surface area contributed by atoms with E-state index in [1.165, 1.54) is 11.6 Å². The second-order valence-electron chi connectivity index (χ2n) is 5.76. The van der Waals surface area contributed by atoms with Crippen molar-refractivity contribution in [3.05, 3.63) is 59.7 Å². The van der Waals surface area contributed by atoms with Gasteiger partial charge in [0.05, 0.1) is 0 Å². The van der Waals surface area contributed by atoms with Gasteiger partial charge in [-0.2, -0.15) is 0 Å². The lowest BCUT2D eigenvalue weighted by atomic mass is 10.1. The van der Waals surface area contributed by atoms with E-state index in [1.807, 2.05) is 6.07 Å². The molecule has 1 heterocycles. The summed E-state index contributed by atoms with van der Waals surface area (Å²) in [7, 11) is 0. The van der Waals surface area contributed by atoms with Crippen molar-refractivity contribution in [3.8, 4) is 5.75 Å². The van der Waals surface area contributed by atoms with E-state index in [0.717, 1.165) is 38.4 Å². The van der Waals surface area contributed by atoms with Crippen LogP contribution >= 0.6 is 0 Å². The fraction of sp³-hybridized carbons (Fsp3) is 0.278. The molecule has 0 bridgehead atoms. The molecule has 1 saturated heterocycles. The van der Waals surface area contributed by atoms with E-state index in [0.29, 0.717) is 0 Å². The summed E-state index contributed by atoms with van der Waals surface area (Å²) < 4.78 is 0. The van der Waals surface area contributed by atoms with Gasteiger partial charge in [-0.15, -0.1) is 0 Å². The van der Waals surface area contributed by atoms with Crippen molar-refractivity contribution in [2.75, 3.05) is 31.1 Å². The van der Waals surface area contributed by atoms with Crippen molar-refractivity contribution in [2.45, 2.75) is 6.54 Å². The smallest absolute Gasteiger partial charge is 0.339 e. The summed E-state index contributed by atoms with van der Waals surface area (Å²) in [6.45, 7) is 4.48. The molecule has 0 radical (unpaired) electrons. The Labute approximate surface area is 135 Å². The van der Waals surface area contributed by atoms with Crippen molar-refractivity contribution >= 4 is 11.7 Å². The number of carboxylic acid groups (broad SMARTS) is 1. The molecule has 1 aliphatic heterocycles. The number of anilines is 1. The van der Waals surface area contributed by atoms with Gasteiger partial charge in [-0.1, -0.05) is 30.3 Å². The molecule has 0 amide bonds. The van der Waals surface area contributed by atoms with Crippen molar-refractivity contribution in [3.63, 3.8) is 0 Å². The van der Waals surface area contributed by atoms with Gasteiger partial charge in [-0.3, -0.25) is 4.90 Å². The summed E-state index contributed by atoms with van der Waals surface area (Å²) in [5.74, 6) is -1.30. The van der Waals surface area contributed by atoms with Crippen molar-refractivity contribution in [1.82, 2.24) is 4.90 Å². The molecule has 1 aliphatic rings. The fourth-order valence-corrected chi connectivity index (χ4v) is 2.90. The maximum Gasteiger partial charge on any atom is 0.339 e. The van der Waals surface area contributed by atoms with Crippen molar-refractivity contribution in [2.24, 2.45) is 0 Å². The van der Waals surface area contributed by atoms with Crippen LogP contribution in [0.5, 0.6) is 5.75 Å². The van der Waals surface area contributed by atoms with Crippen LogP contribution < -0.4 is 4.90 Å². The van der Waals surface area contributed by atoms with Crippen LogP contribution in [0.2, 0.25) is 0 Å². The van der Waals surface area contributed by atoms with Gasteiger partial charge in [0, 0.05) is 38.4 Å². The summed E-state index contributed by atoms with van der Waals surface area (Å²) in [6.07, 6.45) is 0. The zero-order chi connectivity index (χ0) is 16.2. The molecule has 0 aliphatic carbocycles. The second-order valence-corrected chi connectivity index (χ2v) is 5.76. The van der Waals surface area contributed by atoms with E-state index < -0.39 is 5.97 Å². The lowest BCUT2D eigenvalue weighted by Crippen LogP contribution is -2.46. The molecule has 3 rings (SSSR count). The third-order valence-electron chi connectivity index (χ3n) is 4.20. The van der Waals surface area contributed by atoms with Crippen LogP contribution in [0, 0.1) is 0 Å². The van der Waals surface area contributed by atoms with Crippen LogP contribution in [0.1, 0.15) is 15.9 Å². The van der Waals surface area contributed by atoms with E-state index in [9.17, 15) is 9.90 Å². The van der Waals surface area contributed by atoms with Crippen LogP contribution in [0.25, 0.3) is 0 Å². The molecule has 0 aromatic heterocycles. The van der Waals surface area contributed by atoms with E-state index in [2.05, 4.69) is 34.1 Å². The normalized spacial score (nSPS) is 15.6. The molecule has 120 valence electrons. The zero-order valence-electron chi connectivity index (χ0n) is 12.9. The Kier molecular flexibility index (Phi) is 4.48. The van der Waals surface area contributed by atoms with E-state index in [-0.39, 0.29) is 11.3 Å². The highest BCUT2D eigenvalue weighted by Gasteiger charge is 2.19. The molecule has 0 atom stereocenters. The minimum Gasteiger partial charge on any atom is -0.507 e. The fourth-order valence-electron chi connectivity index (χ4n) is 2.90. The lowest BCUT2D eigenvalue weighted by Gasteiger charge is -2.36. The number of carboxylic acids is 1. The SMILES string of the molecule is O=C(O)c1cc(N2CCN(Cc3ccccc3)CC2)ccc1O. The highest BCUT2D eigenvalue weighted by atomic mass is 16.4. The molecule has 23 heavy (non-hydrogen) atoms. The third kappa shape index (κ3) is 3.63. The number of hydrogen-bond acceptors (Lipinski definition) is 4. The Bertz CT molecular complexity index is 680. The quantitative estimate of drug-likeness (QED) is 0.908. The molecule has 1 fully saturated rings. The first-order chi connectivity index (χ1) is 11.1. The molecule has 0 unspecified atom stereocenters. The standard InChI is InChI=1S/C18H20N2O3/c21-17-7-6-15(12-16(17)18(22)23)20-10-8-19(9-11-20)13-14-4-2-1-3-5-14/h1-7,12,21H,8-11,13H2,(H,22,23). The van der Waals surface area contributed by atoms with E-state index >= 15 is 0 Å². The number of benzene rings is 2. The Morgan fingerprint density at radius 3 is 2.35 bits per heavy atom. The number of aromatic carboxylic acids is 1. The predicted octanol–water partition coefficient (Wildman–Crippen LogP) is 2.41. The molecule has 5 nitrogen and oxygen atoms in total. The molecular weight excluding hydrogens is 292 g/mol. The summed E-state index contributed by atoms with van der Waals surface area (Å²) in [5.41, 5.74) is 2.10. The first-order valence-corrected chi connectivity index (χ1v) is 7.71. The molecule has 0 spiro atoms. The van der Waals surface area contributed by atoms with Crippen LogP contribution in [-0.2, 0) is 6.54 Å². The van der Waals surface area contributed by atoms with Gasteiger partial charge in [0.15, 0.2) is 0 Å². The Balaban J connectivity index is 1.63. The summed E-state index contributed by atoms with van der Waals surface area (Å²) in [4.78, 5) is 15.7. The van der Waals surface area contributed by atoms with E-state index in [4.69, 9.17) is 5.11 Å². The monoisotopic (exact) mass is 312 g/mol. The molecule has 5 heteroatoms. The number of piperazine rings is 1. The van der Waals surface area contributed by atoms with Gasteiger partial charge in [0.2, 0.25) is 0 Å². The Morgan fingerprint density at radius 2 is 1.70 bits per heavy atom. The number of hydrogen-bond donors (Lipinski definition) is 2. The molecular formula is C18H20N2O3. The average molecular weight is 312 g/mol. The molecule has 0 saturated carbocycles. The largest absolute Gasteiger partial charge is 0.507 e. The van der Waals surface area contributed by atoms with Gasteiger partial charge >= 0.3 is 5.97 Å². The summed E-state index contributed by atoms with van der Waals surface area (Å²) >= 11 is 0. The number of rotatable bonds is 4. The summed E-state index contributed by atoms with van der Waals surface area (Å²) in [6, 6.07) is 15.2. The van der Waals surface area contributed by atoms with Crippen LogP contribution in [0.4, 0.5) is 5.69 Å². The summed E-state index contributed by atoms with van der Waals surface area (Å²) in [5, 5.41) is 18.7. The van der Waals surface area contributed by atoms with Crippen LogP contribution in [0.3, 0.4) is 0 Å². The van der Waals surface area contributed by atoms with E-state index in [1.54, 1.807) is 12.1 Å². The average Bonchev–Trinajstić information content (AvgIpc) is 2.57. The van der Waals surface area contributed by atoms with Crippen molar-refractivity contribution in [1.29, 1.82) is 0 Å². The first-order valence-electron chi connectivity index (χ1n) is 7.71. The number of phenols is 1. The van der Waals surface area contributed by atoms with Crippen LogP contribution in [-0.4, -0.2) is 47.3 Å². The Hall–Kier alpha value is -2.53. The minimum absolute atomic E-state index is 0.0470. The topological polar surface area (TPSA) is 64.0 Å². The first kappa shape index (κ1) is 15.4. The number of carbonyl (C=O) groups is 1. The van der Waals surface area contributed by atoms with Gasteiger partial charge in [0.1, 0.15) is 11.3 Å². The van der Waals surface area contributed by atoms with Gasteiger partial charge < -0.3 is 15.1 Å². The third-order valence-corrected chi connectivity index (χ3v) is 4.20. The highest BCUT2D eigenvalue weighted by Crippen LogP contribution is 2.25. The van der Waals surface area contributed by atoms with Gasteiger partial charge in [-0.05, 0) is 23.8 Å². The van der Waals surface area contributed by atoms with Crippen LogP contribution in [0.15, 0.2) is 48.5 Å².